The van der Waals surface area contributed by atoms with Crippen molar-refractivity contribution in [3.63, 3.8) is 0 Å². The number of fused-ring (bicyclic) bond motifs is 1. The number of nitrogens with zero attached hydrogens (tertiary/aromatic N) is 1. The number of likely N-dealkylation sites (tertiary alicyclic amines) is 1. The number of nitrogens with two attached hydrogens (primary N) is 1. The van der Waals surface area contributed by atoms with Crippen molar-refractivity contribution in [3.8, 4) is 0 Å². The molecule has 0 aromatic heterocycles. The molecule has 1 aromatic carbocycles. The first kappa shape index (κ1) is 13.2. The number of nitrogen functional groups attached to an aromatic ring is 1. The second-order valence-electron chi connectivity index (χ2n) is 7.10. The molecular weight excluding hydrogens is 260 g/mol. The van der Waals surface area contributed by atoms with Gasteiger partial charge in [0.05, 0.1) is 5.41 Å². The first-order valence-corrected chi connectivity index (χ1v) is 8.38. The van der Waals surface area contributed by atoms with E-state index in [1.165, 1.54) is 37.7 Å². The molecule has 3 aliphatic rings. The zero-order chi connectivity index (χ0) is 14.4. The fourth-order valence-corrected chi connectivity index (χ4v) is 4.53. The minimum absolute atomic E-state index is 0.224. The average molecular weight is 284 g/mol. The van der Waals surface area contributed by atoms with Gasteiger partial charge >= 0.3 is 0 Å². The van der Waals surface area contributed by atoms with Crippen molar-refractivity contribution in [2.24, 2.45) is 5.92 Å². The molecule has 1 aliphatic heterocycles. The fraction of sp³-hybridized carbons (Fsp3) is 0.611. The third-order valence-corrected chi connectivity index (χ3v) is 5.88. The minimum atomic E-state index is -0.224. The van der Waals surface area contributed by atoms with Crippen molar-refractivity contribution >= 4 is 11.6 Å². The van der Waals surface area contributed by atoms with Gasteiger partial charge in [0.1, 0.15) is 0 Å². The Hall–Kier alpha value is -1.51. The van der Waals surface area contributed by atoms with Crippen molar-refractivity contribution < 1.29 is 4.79 Å². The van der Waals surface area contributed by atoms with Gasteiger partial charge in [-0.2, -0.15) is 0 Å². The SMILES string of the molecule is Nc1ccc(C2(C(=O)N3CCCC4CCCC43)CC2)cc1. The van der Waals surface area contributed by atoms with Crippen molar-refractivity contribution in [1.82, 2.24) is 4.90 Å². The van der Waals surface area contributed by atoms with Crippen LogP contribution in [0.25, 0.3) is 0 Å². The predicted octanol–water partition coefficient (Wildman–Crippen LogP) is 3.09. The van der Waals surface area contributed by atoms with Crippen LogP contribution in [0.3, 0.4) is 0 Å². The van der Waals surface area contributed by atoms with Gasteiger partial charge in [-0.05, 0) is 62.1 Å². The molecular formula is C18H24N2O. The lowest BCUT2D eigenvalue weighted by Crippen LogP contribution is -2.50. The second kappa shape index (κ2) is 4.75. The molecule has 0 bridgehead atoms. The van der Waals surface area contributed by atoms with Gasteiger partial charge in [0.25, 0.3) is 0 Å². The second-order valence-corrected chi connectivity index (χ2v) is 7.10. The molecule has 4 rings (SSSR count). The Bertz CT molecular complexity index is 547. The monoisotopic (exact) mass is 284 g/mol. The third-order valence-electron chi connectivity index (χ3n) is 5.88. The summed E-state index contributed by atoms with van der Waals surface area (Å²) >= 11 is 0. The van der Waals surface area contributed by atoms with E-state index in [4.69, 9.17) is 5.73 Å². The highest BCUT2D eigenvalue weighted by atomic mass is 16.2. The van der Waals surface area contributed by atoms with Gasteiger partial charge in [-0.3, -0.25) is 4.79 Å². The Morgan fingerprint density at radius 3 is 2.52 bits per heavy atom. The van der Waals surface area contributed by atoms with E-state index in [-0.39, 0.29) is 5.41 Å². The maximum atomic E-state index is 13.2. The molecule has 2 atom stereocenters. The summed E-state index contributed by atoms with van der Waals surface area (Å²) in [5.41, 5.74) is 7.50. The van der Waals surface area contributed by atoms with Crippen molar-refractivity contribution in [3.05, 3.63) is 29.8 Å². The smallest absolute Gasteiger partial charge is 0.233 e. The van der Waals surface area contributed by atoms with Crippen LogP contribution in [0.2, 0.25) is 0 Å². The third kappa shape index (κ3) is 2.05. The van der Waals surface area contributed by atoms with E-state index in [0.717, 1.165) is 31.0 Å². The van der Waals surface area contributed by atoms with E-state index < -0.39 is 0 Å². The van der Waals surface area contributed by atoms with E-state index >= 15 is 0 Å². The normalized spacial score (nSPS) is 30.0. The van der Waals surface area contributed by atoms with E-state index in [1.54, 1.807) is 0 Å². The Kier molecular flexibility index (Phi) is 2.98. The maximum Gasteiger partial charge on any atom is 0.233 e. The summed E-state index contributed by atoms with van der Waals surface area (Å²) in [5, 5.41) is 0. The van der Waals surface area contributed by atoms with Gasteiger partial charge in [-0.1, -0.05) is 18.6 Å². The molecule has 2 aliphatic carbocycles. The maximum absolute atomic E-state index is 13.2. The van der Waals surface area contributed by atoms with Gasteiger partial charge in [0.2, 0.25) is 5.91 Å². The lowest BCUT2D eigenvalue weighted by Gasteiger charge is -2.40. The summed E-state index contributed by atoms with van der Waals surface area (Å²) < 4.78 is 0. The molecule has 2 unspecified atom stereocenters. The Morgan fingerprint density at radius 2 is 1.81 bits per heavy atom. The Labute approximate surface area is 126 Å². The van der Waals surface area contributed by atoms with Crippen LogP contribution in [0.4, 0.5) is 5.69 Å². The predicted molar refractivity (Wildman–Crippen MR) is 83.8 cm³/mol. The largest absolute Gasteiger partial charge is 0.399 e. The van der Waals surface area contributed by atoms with Crippen LogP contribution in [-0.4, -0.2) is 23.4 Å². The number of anilines is 1. The summed E-state index contributed by atoms with van der Waals surface area (Å²) in [7, 11) is 0. The fourth-order valence-electron chi connectivity index (χ4n) is 4.53. The molecule has 1 amide bonds. The van der Waals surface area contributed by atoms with E-state index in [0.29, 0.717) is 11.9 Å². The van der Waals surface area contributed by atoms with Crippen LogP contribution in [-0.2, 0) is 10.2 Å². The highest BCUT2D eigenvalue weighted by Gasteiger charge is 2.54. The standard InChI is InChI=1S/C18H24N2O/c19-15-8-6-14(7-9-15)18(10-11-18)17(21)20-12-2-4-13-3-1-5-16(13)20/h6-9,13,16H,1-5,10-12,19H2. The van der Waals surface area contributed by atoms with Crippen molar-refractivity contribution in [2.75, 3.05) is 12.3 Å². The lowest BCUT2D eigenvalue weighted by molar-refractivity contribution is -0.138. The number of hydrogen-bond acceptors (Lipinski definition) is 2. The highest BCUT2D eigenvalue weighted by Crippen LogP contribution is 2.51. The van der Waals surface area contributed by atoms with Gasteiger partial charge < -0.3 is 10.6 Å². The van der Waals surface area contributed by atoms with Gasteiger partial charge in [-0.15, -0.1) is 0 Å². The minimum Gasteiger partial charge on any atom is -0.399 e. The Morgan fingerprint density at radius 1 is 1.10 bits per heavy atom. The van der Waals surface area contributed by atoms with Crippen LogP contribution in [0.15, 0.2) is 24.3 Å². The number of rotatable bonds is 2. The summed E-state index contributed by atoms with van der Waals surface area (Å²) in [4.78, 5) is 15.4. The molecule has 21 heavy (non-hydrogen) atoms. The van der Waals surface area contributed by atoms with E-state index in [1.807, 2.05) is 12.1 Å². The first-order chi connectivity index (χ1) is 10.2. The molecule has 3 nitrogen and oxygen atoms in total. The number of hydrogen-bond donors (Lipinski definition) is 1. The summed E-state index contributed by atoms with van der Waals surface area (Å²) in [6.45, 7) is 0.969. The van der Waals surface area contributed by atoms with Gasteiger partial charge in [0.15, 0.2) is 0 Å². The van der Waals surface area contributed by atoms with Crippen LogP contribution in [0.5, 0.6) is 0 Å². The molecule has 112 valence electrons. The molecule has 0 spiro atoms. The summed E-state index contributed by atoms with van der Waals surface area (Å²) in [6, 6.07) is 8.48. The number of piperidine rings is 1. The number of amides is 1. The van der Waals surface area contributed by atoms with Gasteiger partial charge in [0, 0.05) is 18.3 Å². The number of benzene rings is 1. The van der Waals surface area contributed by atoms with Crippen molar-refractivity contribution in [1.29, 1.82) is 0 Å². The molecule has 2 saturated carbocycles. The molecule has 1 heterocycles. The van der Waals surface area contributed by atoms with E-state index in [2.05, 4.69) is 17.0 Å². The average Bonchev–Trinajstić information content (AvgIpc) is 3.17. The quantitative estimate of drug-likeness (QED) is 0.848. The summed E-state index contributed by atoms with van der Waals surface area (Å²) in [5.74, 6) is 1.16. The Balaban J connectivity index is 1.60. The molecule has 0 radical (unpaired) electrons. The molecule has 1 aromatic rings. The first-order valence-electron chi connectivity index (χ1n) is 8.38. The van der Waals surface area contributed by atoms with Crippen LogP contribution in [0.1, 0.15) is 50.5 Å². The van der Waals surface area contributed by atoms with Crippen LogP contribution >= 0.6 is 0 Å². The van der Waals surface area contributed by atoms with Gasteiger partial charge in [-0.25, -0.2) is 0 Å². The number of carbonyl (C=O) groups is 1. The molecule has 3 fully saturated rings. The molecule has 1 saturated heterocycles. The number of carbonyl (C=O) groups excluding carboxylic acids is 1. The summed E-state index contributed by atoms with van der Waals surface area (Å²) in [6.07, 6.45) is 8.35. The molecule has 3 heteroatoms. The van der Waals surface area contributed by atoms with E-state index in [9.17, 15) is 4.79 Å². The zero-order valence-electron chi connectivity index (χ0n) is 12.6. The van der Waals surface area contributed by atoms with Crippen LogP contribution in [0, 0.1) is 5.92 Å². The topological polar surface area (TPSA) is 46.3 Å². The lowest BCUT2D eigenvalue weighted by atomic mass is 9.88. The highest BCUT2D eigenvalue weighted by molar-refractivity contribution is 5.91. The molecule has 2 N–H and O–H groups in total. The van der Waals surface area contributed by atoms with Crippen LogP contribution < -0.4 is 5.73 Å². The van der Waals surface area contributed by atoms with Crippen molar-refractivity contribution in [2.45, 2.75) is 56.4 Å². The zero-order valence-corrected chi connectivity index (χ0v) is 12.6.